The van der Waals surface area contributed by atoms with Crippen LogP contribution in [0.5, 0.6) is 0 Å². The van der Waals surface area contributed by atoms with Gasteiger partial charge in [0.15, 0.2) is 5.65 Å². The number of nitrogens with zero attached hydrogens (tertiary/aromatic N) is 3. The minimum atomic E-state index is -0.928. The van der Waals surface area contributed by atoms with Crippen LogP contribution in [-0.2, 0) is 14.1 Å². The number of hydrogen-bond donors (Lipinski definition) is 1. The zero-order valence-electron chi connectivity index (χ0n) is 7.35. The van der Waals surface area contributed by atoms with E-state index >= 15 is 0 Å². The molecule has 0 aliphatic heterocycles. The molecule has 2 rings (SSSR count). The van der Waals surface area contributed by atoms with Crippen molar-refractivity contribution in [2.24, 2.45) is 14.1 Å². The van der Waals surface area contributed by atoms with Crippen LogP contribution in [-0.4, -0.2) is 25.4 Å². The number of aromatic carboxylic acids is 1. The first-order chi connectivity index (χ1) is 6.09. The van der Waals surface area contributed by atoms with E-state index in [9.17, 15) is 4.79 Å². The summed E-state index contributed by atoms with van der Waals surface area (Å²) in [5.41, 5.74) is 0.956. The molecule has 0 spiro atoms. The Morgan fingerprint density at radius 1 is 1.54 bits per heavy atom. The summed E-state index contributed by atoms with van der Waals surface area (Å²) in [7, 11) is 3.50. The second-order valence-electron chi connectivity index (χ2n) is 2.98. The fourth-order valence-corrected chi connectivity index (χ4v) is 1.42. The summed E-state index contributed by atoms with van der Waals surface area (Å²) in [5, 5.41) is 13.8. The molecule has 0 aromatic carbocycles. The van der Waals surface area contributed by atoms with Crippen molar-refractivity contribution in [2.45, 2.75) is 0 Å². The Kier molecular flexibility index (Phi) is 1.42. The minimum Gasteiger partial charge on any atom is -0.477 e. The number of hydrogen-bond acceptors (Lipinski definition) is 2. The highest BCUT2D eigenvalue weighted by Gasteiger charge is 2.13. The summed E-state index contributed by atoms with van der Waals surface area (Å²) in [6.07, 6.45) is 1.79. The lowest BCUT2D eigenvalue weighted by Crippen LogP contribution is -2.04. The van der Waals surface area contributed by atoms with E-state index in [4.69, 9.17) is 5.11 Å². The van der Waals surface area contributed by atoms with E-state index < -0.39 is 5.97 Å². The Labute approximate surface area is 74.2 Å². The molecule has 2 aromatic rings. The molecule has 13 heavy (non-hydrogen) atoms. The van der Waals surface area contributed by atoms with Gasteiger partial charge in [-0.25, -0.2) is 4.79 Å². The van der Waals surface area contributed by atoms with Crippen LogP contribution >= 0.6 is 0 Å². The van der Waals surface area contributed by atoms with E-state index in [0.29, 0.717) is 5.65 Å². The molecule has 0 bridgehead atoms. The average molecular weight is 179 g/mol. The van der Waals surface area contributed by atoms with Gasteiger partial charge < -0.3 is 9.67 Å². The van der Waals surface area contributed by atoms with E-state index in [1.165, 1.54) is 0 Å². The van der Waals surface area contributed by atoms with Gasteiger partial charge in [0.1, 0.15) is 5.69 Å². The molecule has 2 aromatic heterocycles. The van der Waals surface area contributed by atoms with Crippen molar-refractivity contribution in [3.05, 3.63) is 18.0 Å². The van der Waals surface area contributed by atoms with Gasteiger partial charge in [-0.2, -0.15) is 5.10 Å². The molecule has 0 aliphatic rings. The molecular weight excluding hydrogens is 170 g/mol. The first-order valence-corrected chi connectivity index (χ1v) is 3.82. The van der Waals surface area contributed by atoms with E-state index in [1.54, 1.807) is 35.6 Å². The van der Waals surface area contributed by atoms with Crippen LogP contribution in [0.3, 0.4) is 0 Å². The average Bonchev–Trinajstić information content (AvgIpc) is 2.51. The van der Waals surface area contributed by atoms with E-state index in [1.807, 2.05) is 0 Å². The molecule has 5 heteroatoms. The fourth-order valence-electron chi connectivity index (χ4n) is 1.42. The van der Waals surface area contributed by atoms with Gasteiger partial charge in [-0.15, -0.1) is 0 Å². The predicted molar refractivity (Wildman–Crippen MR) is 46.6 cm³/mol. The Hall–Kier alpha value is -1.78. The lowest BCUT2D eigenvalue weighted by Gasteiger charge is -1.96. The van der Waals surface area contributed by atoms with Crippen LogP contribution in [0.1, 0.15) is 10.5 Å². The monoisotopic (exact) mass is 179 g/mol. The molecule has 1 N–H and O–H groups in total. The second kappa shape index (κ2) is 2.35. The first-order valence-electron chi connectivity index (χ1n) is 3.82. The van der Waals surface area contributed by atoms with Crippen LogP contribution < -0.4 is 0 Å². The van der Waals surface area contributed by atoms with Crippen molar-refractivity contribution in [1.82, 2.24) is 14.3 Å². The van der Waals surface area contributed by atoms with Crippen LogP contribution in [0, 0.1) is 0 Å². The molecular formula is C8H9N3O2. The zero-order chi connectivity index (χ0) is 9.59. The Morgan fingerprint density at radius 3 is 2.77 bits per heavy atom. The van der Waals surface area contributed by atoms with Crippen molar-refractivity contribution in [1.29, 1.82) is 0 Å². The quantitative estimate of drug-likeness (QED) is 0.697. The molecule has 0 atom stereocenters. The minimum absolute atomic E-state index is 0.262. The number of aromatic nitrogens is 3. The van der Waals surface area contributed by atoms with Gasteiger partial charge in [-0.05, 0) is 6.07 Å². The third kappa shape index (κ3) is 1.00. The number of carboxylic acid groups (broad SMARTS) is 1. The molecule has 0 radical (unpaired) electrons. The van der Waals surface area contributed by atoms with E-state index in [-0.39, 0.29) is 5.69 Å². The highest BCUT2D eigenvalue weighted by molar-refractivity contribution is 5.93. The standard InChI is InChI=1S/C8H9N3O2/c1-10-4-5-3-6(8(12)13)11(2)7(5)9-10/h3-4H,1-2H3,(H,12,13). The lowest BCUT2D eigenvalue weighted by atomic mass is 10.4. The molecule has 5 nitrogen and oxygen atoms in total. The van der Waals surface area contributed by atoms with Gasteiger partial charge in [0.25, 0.3) is 0 Å². The molecule has 0 unspecified atom stereocenters. The summed E-state index contributed by atoms with van der Waals surface area (Å²) >= 11 is 0. The van der Waals surface area contributed by atoms with Gasteiger partial charge in [-0.1, -0.05) is 0 Å². The van der Waals surface area contributed by atoms with Crippen molar-refractivity contribution < 1.29 is 9.90 Å². The Morgan fingerprint density at radius 2 is 2.23 bits per heavy atom. The Balaban J connectivity index is 2.76. The molecule has 2 heterocycles. The number of fused-ring (bicyclic) bond motifs is 1. The van der Waals surface area contributed by atoms with Crippen LogP contribution in [0.15, 0.2) is 12.3 Å². The maximum atomic E-state index is 10.7. The lowest BCUT2D eigenvalue weighted by molar-refractivity contribution is 0.0687. The Bertz CT molecular complexity index is 481. The molecule has 0 aliphatic carbocycles. The third-order valence-corrected chi connectivity index (χ3v) is 2.03. The summed E-state index contributed by atoms with van der Waals surface area (Å²) < 4.78 is 3.23. The van der Waals surface area contributed by atoms with Crippen LogP contribution in [0.4, 0.5) is 0 Å². The van der Waals surface area contributed by atoms with Gasteiger partial charge in [0.2, 0.25) is 0 Å². The van der Waals surface area contributed by atoms with Gasteiger partial charge >= 0.3 is 5.97 Å². The van der Waals surface area contributed by atoms with Crippen LogP contribution in [0.25, 0.3) is 11.0 Å². The fraction of sp³-hybridized carbons (Fsp3) is 0.250. The summed E-state index contributed by atoms with van der Waals surface area (Å²) in [5.74, 6) is -0.928. The highest BCUT2D eigenvalue weighted by atomic mass is 16.4. The smallest absolute Gasteiger partial charge is 0.352 e. The highest BCUT2D eigenvalue weighted by Crippen LogP contribution is 2.16. The van der Waals surface area contributed by atoms with Crippen molar-refractivity contribution >= 4 is 17.0 Å². The largest absolute Gasteiger partial charge is 0.477 e. The molecule has 0 saturated carbocycles. The molecule has 0 fully saturated rings. The van der Waals surface area contributed by atoms with Gasteiger partial charge in [0.05, 0.1) is 0 Å². The van der Waals surface area contributed by atoms with Crippen molar-refractivity contribution in [2.75, 3.05) is 0 Å². The maximum Gasteiger partial charge on any atom is 0.352 e. The van der Waals surface area contributed by atoms with Crippen molar-refractivity contribution in [3.8, 4) is 0 Å². The summed E-state index contributed by atoms with van der Waals surface area (Å²) in [4.78, 5) is 10.7. The topological polar surface area (TPSA) is 60.1 Å². The first kappa shape index (κ1) is 7.85. The number of rotatable bonds is 1. The molecule has 0 amide bonds. The predicted octanol–water partition coefficient (Wildman–Crippen LogP) is 0.610. The zero-order valence-corrected chi connectivity index (χ0v) is 7.35. The third-order valence-electron chi connectivity index (χ3n) is 2.03. The second-order valence-corrected chi connectivity index (χ2v) is 2.98. The van der Waals surface area contributed by atoms with E-state index in [2.05, 4.69) is 5.10 Å². The molecule has 68 valence electrons. The van der Waals surface area contributed by atoms with E-state index in [0.717, 1.165) is 5.39 Å². The maximum absolute atomic E-state index is 10.7. The normalized spacial score (nSPS) is 10.9. The number of carboxylic acids is 1. The van der Waals surface area contributed by atoms with Gasteiger partial charge in [0, 0.05) is 25.7 Å². The number of carbonyl (C=O) groups is 1. The number of aryl methyl sites for hydroxylation is 2. The van der Waals surface area contributed by atoms with Crippen molar-refractivity contribution in [3.63, 3.8) is 0 Å². The van der Waals surface area contributed by atoms with Gasteiger partial charge in [-0.3, -0.25) is 4.68 Å². The van der Waals surface area contributed by atoms with Crippen LogP contribution in [0.2, 0.25) is 0 Å². The SMILES string of the molecule is Cn1cc2cc(C(=O)O)n(C)c2n1. The summed E-state index contributed by atoms with van der Waals surface area (Å²) in [6.45, 7) is 0. The summed E-state index contributed by atoms with van der Waals surface area (Å²) in [6, 6.07) is 1.62. The molecule has 0 saturated heterocycles.